The van der Waals surface area contributed by atoms with Crippen molar-refractivity contribution in [2.45, 2.75) is 51.3 Å². The zero-order chi connectivity index (χ0) is 23.3. The summed E-state index contributed by atoms with van der Waals surface area (Å²) in [5.41, 5.74) is 0.782. The van der Waals surface area contributed by atoms with Crippen LogP contribution in [0.15, 0.2) is 23.1 Å². The standard InChI is InChI=1S/C23H34N2O6S/c1-4-30-21-7-6-20(16-17(21)3)32(28,29)25-14-10-18(11-15-25)22(26)24-12-8-19(9-13-24)23(27)31-5-2/h6-7,16,18-19H,4-5,8-15H2,1-3H3. The van der Waals surface area contributed by atoms with Gasteiger partial charge in [0.25, 0.3) is 0 Å². The Balaban J connectivity index is 1.55. The van der Waals surface area contributed by atoms with Crippen molar-refractivity contribution in [2.24, 2.45) is 11.8 Å². The Labute approximate surface area is 190 Å². The summed E-state index contributed by atoms with van der Waals surface area (Å²) in [7, 11) is -3.61. The third-order valence-corrected chi connectivity index (χ3v) is 8.21. The minimum atomic E-state index is -3.61. The van der Waals surface area contributed by atoms with Crippen LogP contribution in [-0.4, -0.2) is 68.9 Å². The number of carbonyl (C=O) groups excluding carboxylic acids is 2. The van der Waals surface area contributed by atoms with E-state index in [2.05, 4.69) is 0 Å². The quantitative estimate of drug-likeness (QED) is 0.574. The summed E-state index contributed by atoms with van der Waals surface area (Å²) in [6.07, 6.45) is 2.25. The minimum Gasteiger partial charge on any atom is -0.494 e. The Kier molecular flexibility index (Phi) is 8.16. The minimum absolute atomic E-state index is 0.0706. The van der Waals surface area contributed by atoms with E-state index in [1.54, 1.807) is 25.1 Å². The third-order valence-electron chi connectivity index (χ3n) is 6.31. The van der Waals surface area contributed by atoms with Gasteiger partial charge < -0.3 is 14.4 Å². The molecule has 0 N–H and O–H groups in total. The number of hydrogen-bond donors (Lipinski definition) is 0. The first-order chi connectivity index (χ1) is 15.3. The molecule has 0 bridgehead atoms. The van der Waals surface area contributed by atoms with Crippen molar-refractivity contribution in [2.75, 3.05) is 39.4 Å². The fraction of sp³-hybridized carbons (Fsp3) is 0.652. The molecule has 0 aliphatic carbocycles. The second-order valence-corrected chi connectivity index (χ2v) is 10.3. The molecule has 3 rings (SSSR count). The second-order valence-electron chi connectivity index (χ2n) is 8.39. The van der Waals surface area contributed by atoms with E-state index < -0.39 is 10.0 Å². The summed E-state index contributed by atoms with van der Waals surface area (Å²) in [6, 6.07) is 4.92. The van der Waals surface area contributed by atoms with E-state index in [9.17, 15) is 18.0 Å². The first-order valence-corrected chi connectivity index (χ1v) is 12.9. The Bertz CT molecular complexity index is 916. The number of likely N-dealkylation sites (tertiary alicyclic amines) is 1. The van der Waals surface area contributed by atoms with Crippen LogP contribution in [0.4, 0.5) is 0 Å². The van der Waals surface area contributed by atoms with E-state index in [1.807, 2.05) is 18.7 Å². The predicted molar refractivity (Wildman–Crippen MR) is 120 cm³/mol. The van der Waals surface area contributed by atoms with Crippen molar-refractivity contribution in [1.82, 2.24) is 9.21 Å². The zero-order valence-corrected chi connectivity index (χ0v) is 20.0. The molecule has 0 radical (unpaired) electrons. The molecular weight excluding hydrogens is 432 g/mol. The first kappa shape index (κ1) is 24.5. The van der Waals surface area contributed by atoms with Crippen LogP contribution in [0.25, 0.3) is 0 Å². The number of ether oxygens (including phenoxy) is 2. The number of nitrogens with zero attached hydrogens (tertiary/aromatic N) is 2. The van der Waals surface area contributed by atoms with Crippen LogP contribution in [-0.2, 0) is 24.3 Å². The van der Waals surface area contributed by atoms with Crippen LogP contribution in [0.3, 0.4) is 0 Å². The van der Waals surface area contributed by atoms with Crippen molar-refractivity contribution < 1.29 is 27.5 Å². The van der Waals surface area contributed by atoms with Crippen LogP contribution in [0.5, 0.6) is 5.75 Å². The lowest BCUT2D eigenvalue weighted by molar-refractivity contribution is -0.152. The van der Waals surface area contributed by atoms with Crippen LogP contribution in [0, 0.1) is 18.8 Å². The number of aryl methyl sites for hydroxylation is 1. The Morgan fingerprint density at radius 1 is 0.969 bits per heavy atom. The van der Waals surface area contributed by atoms with E-state index in [4.69, 9.17) is 9.47 Å². The molecule has 0 atom stereocenters. The largest absolute Gasteiger partial charge is 0.494 e. The van der Waals surface area contributed by atoms with Crippen LogP contribution in [0.1, 0.15) is 45.1 Å². The normalized spacial score (nSPS) is 19.0. The first-order valence-electron chi connectivity index (χ1n) is 11.5. The van der Waals surface area contributed by atoms with Gasteiger partial charge >= 0.3 is 5.97 Å². The SMILES string of the molecule is CCOC(=O)C1CCN(C(=O)C2CCN(S(=O)(=O)c3ccc(OCC)c(C)c3)CC2)CC1. The molecule has 2 aliphatic rings. The topological polar surface area (TPSA) is 93.2 Å². The predicted octanol–water partition coefficient (Wildman–Crippen LogP) is 2.60. The number of carbonyl (C=O) groups is 2. The highest BCUT2D eigenvalue weighted by Gasteiger charge is 2.36. The van der Waals surface area contributed by atoms with Gasteiger partial charge in [0.1, 0.15) is 5.75 Å². The average Bonchev–Trinajstić information content (AvgIpc) is 2.80. The van der Waals surface area contributed by atoms with Gasteiger partial charge in [-0.1, -0.05) is 0 Å². The van der Waals surface area contributed by atoms with Crippen LogP contribution < -0.4 is 4.74 Å². The van der Waals surface area contributed by atoms with Crippen LogP contribution in [0.2, 0.25) is 0 Å². The van der Waals surface area contributed by atoms with Crippen molar-refractivity contribution in [3.63, 3.8) is 0 Å². The molecule has 0 aromatic heterocycles. The van der Waals surface area contributed by atoms with Crippen molar-refractivity contribution in [1.29, 1.82) is 0 Å². The molecule has 0 saturated carbocycles. The van der Waals surface area contributed by atoms with Gasteiger partial charge in [-0.2, -0.15) is 4.31 Å². The van der Waals surface area contributed by atoms with Gasteiger partial charge in [0.05, 0.1) is 24.0 Å². The van der Waals surface area contributed by atoms with Gasteiger partial charge in [0.2, 0.25) is 15.9 Å². The van der Waals surface area contributed by atoms with Crippen molar-refractivity contribution in [3.8, 4) is 5.75 Å². The summed E-state index contributed by atoms with van der Waals surface area (Å²) in [4.78, 5) is 26.9. The number of amides is 1. The highest BCUT2D eigenvalue weighted by atomic mass is 32.2. The number of sulfonamides is 1. The Morgan fingerprint density at radius 2 is 1.59 bits per heavy atom. The van der Waals surface area contributed by atoms with Gasteiger partial charge in [-0.25, -0.2) is 8.42 Å². The van der Waals surface area contributed by atoms with Crippen LogP contribution >= 0.6 is 0 Å². The zero-order valence-electron chi connectivity index (χ0n) is 19.2. The van der Waals surface area contributed by atoms with E-state index in [0.717, 1.165) is 5.56 Å². The second kappa shape index (κ2) is 10.7. The number of rotatable bonds is 7. The van der Waals surface area contributed by atoms with Gasteiger partial charge in [-0.05, 0) is 70.2 Å². The molecule has 2 fully saturated rings. The van der Waals surface area contributed by atoms with E-state index in [0.29, 0.717) is 70.8 Å². The average molecular weight is 467 g/mol. The highest BCUT2D eigenvalue weighted by Crippen LogP contribution is 2.29. The van der Waals surface area contributed by atoms with E-state index in [-0.39, 0.29) is 28.6 Å². The summed E-state index contributed by atoms with van der Waals surface area (Å²) >= 11 is 0. The lowest BCUT2D eigenvalue weighted by Gasteiger charge is -2.36. The lowest BCUT2D eigenvalue weighted by Crippen LogP contribution is -2.47. The summed E-state index contributed by atoms with van der Waals surface area (Å²) in [5, 5.41) is 0. The number of benzene rings is 1. The highest BCUT2D eigenvalue weighted by molar-refractivity contribution is 7.89. The van der Waals surface area contributed by atoms with E-state index in [1.165, 1.54) is 4.31 Å². The molecule has 2 heterocycles. The Hall–Kier alpha value is -2.13. The van der Waals surface area contributed by atoms with Gasteiger partial charge in [0, 0.05) is 32.1 Å². The molecular formula is C23H34N2O6S. The number of hydrogen-bond acceptors (Lipinski definition) is 6. The lowest BCUT2D eigenvalue weighted by atomic mass is 9.92. The molecule has 9 heteroatoms. The van der Waals surface area contributed by atoms with Gasteiger partial charge in [0.15, 0.2) is 0 Å². The molecule has 8 nitrogen and oxygen atoms in total. The molecule has 0 spiro atoms. The smallest absolute Gasteiger partial charge is 0.309 e. The molecule has 1 aromatic rings. The molecule has 2 saturated heterocycles. The molecule has 0 unspecified atom stereocenters. The fourth-order valence-corrected chi connectivity index (χ4v) is 6.00. The molecule has 178 valence electrons. The van der Waals surface area contributed by atoms with Gasteiger partial charge in [-0.3, -0.25) is 9.59 Å². The maximum absolute atomic E-state index is 13.1. The monoisotopic (exact) mass is 466 g/mol. The van der Waals surface area contributed by atoms with Crippen molar-refractivity contribution >= 4 is 21.9 Å². The summed E-state index contributed by atoms with van der Waals surface area (Å²) in [6.45, 7) is 8.15. The molecule has 1 amide bonds. The maximum atomic E-state index is 13.1. The fourth-order valence-electron chi connectivity index (χ4n) is 4.45. The number of piperidine rings is 2. The third kappa shape index (κ3) is 5.43. The van der Waals surface area contributed by atoms with E-state index >= 15 is 0 Å². The summed E-state index contributed by atoms with van der Waals surface area (Å²) < 4.78 is 38.2. The molecule has 32 heavy (non-hydrogen) atoms. The summed E-state index contributed by atoms with van der Waals surface area (Å²) in [5.74, 6) is 0.262. The molecule has 1 aromatic carbocycles. The van der Waals surface area contributed by atoms with Crippen molar-refractivity contribution in [3.05, 3.63) is 23.8 Å². The maximum Gasteiger partial charge on any atom is 0.309 e. The van der Waals surface area contributed by atoms with Gasteiger partial charge in [-0.15, -0.1) is 0 Å². The number of esters is 1. The Morgan fingerprint density at radius 3 is 2.16 bits per heavy atom. The molecule has 2 aliphatic heterocycles.